The van der Waals surface area contributed by atoms with Gasteiger partial charge in [0.15, 0.2) is 0 Å². The van der Waals surface area contributed by atoms with Gasteiger partial charge in [0, 0.05) is 24.2 Å². The van der Waals surface area contributed by atoms with Gasteiger partial charge in [0.2, 0.25) is 5.82 Å². The van der Waals surface area contributed by atoms with Crippen molar-refractivity contribution in [3.8, 4) is 0 Å². The number of nitrogens with zero attached hydrogens (tertiary/aromatic N) is 1. The smallest absolute Gasteiger partial charge is 0.305 e. The Balaban J connectivity index is 2.10. The predicted octanol–water partition coefficient (Wildman–Crippen LogP) is 3.72. The summed E-state index contributed by atoms with van der Waals surface area (Å²) in [6, 6.07) is 9.91. The van der Waals surface area contributed by atoms with Gasteiger partial charge in [0.25, 0.3) is 0 Å². The molecule has 0 aliphatic carbocycles. The number of halogens is 2. The van der Waals surface area contributed by atoms with Crippen molar-refractivity contribution in [1.29, 1.82) is 0 Å². The highest BCUT2D eigenvalue weighted by Crippen LogP contribution is 2.21. The van der Waals surface area contributed by atoms with Crippen LogP contribution in [0.1, 0.15) is 24.1 Å². The standard InChI is InChI=1S/C15H14F2N2O2/c1-10(11-4-2-6-13(16)8-11)18-9-12-5-3-7-14(15(12)17)19(20)21/h2-8,10,18H,9H2,1H3. The van der Waals surface area contributed by atoms with Gasteiger partial charge in [0.05, 0.1) is 4.92 Å². The summed E-state index contributed by atoms with van der Waals surface area (Å²) in [5.41, 5.74) is 0.376. The second-order valence-electron chi connectivity index (χ2n) is 4.66. The van der Waals surface area contributed by atoms with E-state index in [1.54, 1.807) is 12.1 Å². The molecule has 0 aliphatic rings. The largest absolute Gasteiger partial charge is 0.306 e. The van der Waals surface area contributed by atoms with E-state index in [-0.39, 0.29) is 24.0 Å². The molecule has 0 radical (unpaired) electrons. The van der Waals surface area contributed by atoms with E-state index in [4.69, 9.17) is 0 Å². The summed E-state index contributed by atoms with van der Waals surface area (Å²) in [5, 5.41) is 13.7. The Kier molecular flexibility index (Phi) is 4.59. The quantitative estimate of drug-likeness (QED) is 0.675. The van der Waals surface area contributed by atoms with Gasteiger partial charge in [-0.2, -0.15) is 4.39 Å². The highest BCUT2D eigenvalue weighted by atomic mass is 19.1. The maximum Gasteiger partial charge on any atom is 0.305 e. The molecule has 110 valence electrons. The summed E-state index contributed by atoms with van der Waals surface area (Å²) in [7, 11) is 0. The number of hydrogen-bond acceptors (Lipinski definition) is 3. The molecule has 1 atom stereocenters. The summed E-state index contributed by atoms with van der Waals surface area (Å²) >= 11 is 0. The zero-order valence-corrected chi connectivity index (χ0v) is 11.3. The lowest BCUT2D eigenvalue weighted by atomic mass is 10.1. The molecule has 6 heteroatoms. The fourth-order valence-electron chi connectivity index (χ4n) is 2.00. The number of benzene rings is 2. The van der Waals surface area contributed by atoms with Crippen LogP contribution in [-0.4, -0.2) is 4.92 Å². The van der Waals surface area contributed by atoms with Crippen molar-refractivity contribution in [2.75, 3.05) is 0 Å². The molecule has 2 rings (SSSR count). The molecule has 1 unspecified atom stereocenters. The lowest BCUT2D eigenvalue weighted by Gasteiger charge is -2.14. The van der Waals surface area contributed by atoms with Crippen LogP contribution in [0.5, 0.6) is 0 Å². The predicted molar refractivity (Wildman–Crippen MR) is 74.7 cm³/mol. The van der Waals surface area contributed by atoms with Crippen LogP contribution in [0.25, 0.3) is 0 Å². The molecule has 0 fully saturated rings. The zero-order chi connectivity index (χ0) is 15.4. The van der Waals surface area contributed by atoms with Gasteiger partial charge in [-0.05, 0) is 24.6 Å². The monoisotopic (exact) mass is 292 g/mol. The van der Waals surface area contributed by atoms with Gasteiger partial charge in [-0.3, -0.25) is 10.1 Å². The first-order valence-corrected chi connectivity index (χ1v) is 6.39. The average molecular weight is 292 g/mol. The number of nitro benzene ring substituents is 1. The molecule has 21 heavy (non-hydrogen) atoms. The number of nitro groups is 1. The SMILES string of the molecule is CC(NCc1cccc([N+](=O)[O-])c1F)c1cccc(F)c1. The molecule has 0 spiro atoms. The van der Waals surface area contributed by atoms with Crippen molar-refractivity contribution in [2.24, 2.45) is 0 Å². The Morgan fingerprint density at radius 2 is 1.95 bits per heavy atom. The van der Waals surface area contributed by atoms with E-state index in [0.717, 1.165) is 11.6 Å². The van der Waals surface area contributed by atoms with Crippen molar-refractivity contribution >= 4 is 5.69 Å². The van der Waals surface area contributed by atoms with Crippen LogP contribution in [0.2, 0.25) is 0 Å². The number of rotatable bonds is 5. The van der Waals surface area contributed by atoms with Crippen molar-refractivity contribution in [3.05, 3.63) is 75.3 Å². The van der Waals surface area contributed by atoms with Crippen LogP contribution in [0, 0.1) is 21.7 Å². The molecule has 0 aromatic heterocycles. The van der Waals surface area contributed by atoms with E-state index in [2.05, 4.69) is 5.32 Å². The van der Waals surface area contributed by atoms with Gasteiger partial charge in [-0.25, -0.2) is 4.39 Å². The third-order valence-corrected chi connectivity index (χ3v) is 3.20. The average Bonchev–Trinajstić information content (AvgIpc) is 2.45. The second-order valence-corrected chi connectivity index (χ2v) is 4.66. The third kappa shape index (κ3) is 3.61. The van der Waals surface area contributed by atoms with E-state index in [0.29, 0.717) is 0 Å². The summed E-state index contributed by atoms with van der Waals surface area (Å²) < 4.78 is 27.0. The molecule has 0 amide bonds. The Hall–Kier alpha value is -2.34. The van der Waals surface area contributed by atoms with Crippen LogP contribution < -0.4 is 5.32 Å². The maximum absolute atomic E-state index is 13.9. The Bertz CT molecular complexity index is 662. The number of hydrogen-bond donors (Lipinski definition) is 1. The lowest BCUT2D eigenvalue weighted by molar-refractivity contribution is -0.387. The van der Waals surface area contributed by atoms with Crippen LogP contribution in [0.15, 0.2) is 42.5 Å². The minimum Gasteiger partial charge on any atom is -0.306 e. The normalized spacial score (nSPS) is 12.1. The molecule has 0 saturated heterocycles. The molecule has 0 aliphatic heterocycles. The third-order valence-electron chi connectivity index (χ3n) is 3.20. The summed E-state index contributed by atoms with van der Waals surface area (Å²) in [4.78, 5) is 9.92. The molecule has 0 heterocycles. The summed E-state index contributed by atoms with van der Waals surface area (Å²) in [6.45, 7) is 1.93. The van der Waals surface area contributed by atoms with Crippen molar-refractivity contribution < 1.29 is 13.7 Å². The highest BCUT2D eigenvalue weighted by Gasteiger charge is 2.17. The molecule has 4 nitrogen and oxygen atoms in total. The summed E-state index contributed by atoms with van der Waals surface area (Å²) in [5.74, 6) is -1.19. The van der Waals surface area contributed by atoms with Crippen molar-refractivity contribution in [1.82, 2.24) is 5.32 Å². The fraction of sp³-hybridized carbons (Fsp3) is 0.200. The van der Waals surface area contributed by atoms with E-state index in [1.165, 1.54) is 24.3 Å². The molecule has 0 saturated carbocycles. The van der Waals surface area contributed by atoms with Crippen LogP contribution in [0.3, 0.4) is 0 Å². The van der Waals surface area contributed by atoms with Crippen LogP contribution in [0.4, 0.5) is 14.5 Å². The van der Waals surface area contributed by atoms with Crippen LogP contribution >= 0.6 is 0 Å². The van der Waals surface area contributed by atoms with Gasteiger partial charge < -0.3 is 5.32 Å². The molecular formula is C15H14F2N2O2. The Labute approximate surface area is 120 Å². The van der Waals surface area contributed by atoms with E-state index < -0.39 is 16.4 Å². The molecule has 1 N–H and O–H groups in total. The van der Waals surface area contributed by atoms with Crippen molar-refractivity contribution in [3.63, 3.8) is 0 Å². The minimum absolute atomic E-state index is 0.116. The second kappa shape index (κ2) is 6.41. The number of nitrogens with one attached hydrogen (secondary N) is 1. The molecular weight excluding hydrogens is 278 g/mol. The van der Waals surface area contributed by atoms with Crippen LogP contribution in [-0.2, 0) is 6.54 Å². The molecule has 0 bridgehead atoms. The van der Waals surface area contributed by atoms with Crippen molar-refractivity contribution in [2.45, 2.75) is 19.5 Å². The first kappa shape index (κ1) is 15.1. The van der Waals surface area contributed by atoms with E-state index in [1.807, 2.05) is 6.92 Å². The van der Waals surface area contributed by atoms with Gasteiger partial charge in [-0.1, -0.05) is 24.3 Å². The fourth-order valence-corrected chi connectivity index (χ4v) is 2.00. The summed E-state index contributed by atoms with van der Waals surface area (Å²) in [6.07, 6.45) is 0. The van der Waals surface area contributed by atoms with E-state index in [9.17, 15) is 18.9 Å². The molecule has 2 aromatic carbocycles. The maximum atomic E-state index is 13.9. The zero-order valence-electron chi connectivity index (χ0n) is 11.3. The Morgan fingerprint density at radius 3 is 2.62 bits per heavy atom. The first-order chi connectivity index (χ1) is 9.99. The lowest BCUT2D eigenvalue weighted by Crippen LogP contribution is -2.19. The van der Waals surface area contributed by atoms with E-state index >= 15 is 0 Å². The van der Waals surface area contributed by atoms with Gasteiger partial charge >= 0.3 is 5.69 Å². The first-order valence-electron chi connectivity index (χ1n) is 6.39. The molecule has 2 aromatic rings. The topological polar surface area (TPSA) is 55.2 Å². The Morgan fingerprint density at radius 1 is 1.24 bits per heavy atom. The minimum atomic E-state index is -0.846. The van der Waals surface area contributed by atoms with Gasteiger partial charge in [-0.15, -0.1) is 0 Å². The highest BCUT2D eigenvalue weighted by molar-refractivity contribution is 5.36. The van der Waals surface area contributed by atoms with Gasteiger partial charge in [0.1, 0.15) is 5.82 Å².